The quantitative estimate of drug-likeness (QED) is 0.646. The minimum atomic E-state index is 0.984. The third-order valence-corrected chi connectivity index (χ3v) is 3.50. The molecule has 98 valence electrons. The Labute approximate surface area is 119 Å². The van der Waals surface area contributed by atoms with Crippen molar-refractivity contribution in [3.63, 3.8) is 0 Å². The van der Waals surface area contributed by atoms with E-state index >= 15 is 0 Å². The van der Waals surface area contributed by atoms with Gasteiger partial charge in [-0.1, -0.05) is 67.6 Å². The van der Waals surface area contributed by atoms with Crippen LogP contribution in [0.3, 0.4) is 0 Å². The van der Waals surface area contributed by atoms with Gasteiger partial charge in [-0.15, -0.1) is 0 Å². The fourth-order valence-corrected chi connectivity index (χ4v) is 2.42. The topological polar surface area (TPSA) is 12.9 Å². The zero-order valence-electron chi connectivity index (χ0n) is 11.6. The summed E-state index contributed by atoms with van der Waals surface area (Å²) in [5, 5.41) is 0. The minimum absolute atomic E-state index is 0.984. The van der Waals surface area contributed by atoms with E-state index in [2.05, 4.69) is 61.5 Å². The normalized spacial score (nSPS) is 10.4. The molecular weight excluding hydrogens is 242 g/mol. The van der Waals surface area contributed by atoms with Gasteiger partial charge in [-0.05, 0) is 23.6 Å². The van der Waals surface area contributed by atoms with E-state index in [0.717, 1.165) is 12.1 Å². The van der Waals surface area contributed by atoms with Crippen molar-refractivity contribution in [1.82, 2.24) is 4.98 Å². The van der Waals surface area contributed by atoms with Crippen molar-refractivity contribution in [3.8, 4) is 22.4 Å². The number of pyridine rings is 1. The molecule has 20 heavy (non-hydrogen) atoms. The van der Waals surface area contributed by atoms with Gasteiger partial charge in [0.15, 0.2) is 0 Å². The van der Waals surface area contributed by atoms with E-state index in [4.69, 9.17) is 4.98 Å². The van der Waals surface area contributed by atoms with Crippen molar-refractivity contribution in [3.05, 3.63) is 78.5 Å². The molecule has 0 amide bonds. The molecule has 0 aliphatic rings. The van der Waals surface area contributed by atoms with Crippen LogP contribution in [0.5, 0.6) is 0 Å². The molecular formula is C19H17N. The largest absolute Gasteiger partial charge is 0.255 e. The Bertz CT molecular complexity index is 687. The average molecular weight is 259 g/mol. The van der Waals surface area contributed by atoms with E-state index < -0.39 is 0 Å². The lowest BCUT2D eigenvalue weighted by Gasteiger charge is -2.10. The summed E-state index contributed by atoms with van der Waals surface area (Å²) in [5.41, 5.74) is 5.96. The number of benzene rings is 2. The van der Waals surface area contributed by atoms with Crippen LogP contribution >= 0.6 is 0 Å². The van der Waals surface area contributed by atoms with Crippen LogP contribution in [-0.4, -0.2) is 4.98 Å². The minimum Gasteiger partial charge on any atom is -0.255 e. The molecule has 1 heteroatoms. The highest BCUT2D eigenvalue weighted by Gasteiger charge is 2.07. The van der Waals surface area contributed by atoms with E-state index in [0.29, 0.717) is 0 Å². The SMILES string of the molecule is CCc1cc(-c2ccccc2)cnc1-c1ccccc1. The van der Waals surface area contributed by atoms with Crippen LogP contribution in [0.25, 0.3) is 22.4 Å². The molecule has 0 saturated heterocycles. The molecule has 1 heterocycles. The number of aryl methyl sites for hydroxylation is 1. The molecule has 0 saturated carbocycles. The van der Waals surface area contributed by atoms with Crippen molar-refractivity contribution in [2.45, 2.75) is 13.3 Å². The highest BCUT2D eigenvalue weighted by molar-refractivity contribution is 5.69. The predicted molar refractivity (Wildman–Crippen MR) is 84.5 cm³/mol. The van der Waals surface area contributed by atoms with Crippen LogP contribution in [0.4, 0.5) is 0 Å². The molecule has 0 bridgehead atoms. The van der Waals surface area contributed by atoms with E-state index in [1.807, 2.05) is 18.3 Å². The lowest BCUT2D eigenvalue weighted by atomic mass is 9.99. The number of hydrogen-bond donors (Lipinski definition) is 0. The molecule has 1 aromatic heterocycles. The van der Waals surface area contributed by atoms with E-state index in [9.17, 15) is 0 Å². The number of nitrogens with zero attached hydrogens (tertiary/aromatic N) is 1. The monoisotopic (exact) mass is 259 g/mol. The Balaban J connectivity index is 2.07. The Hall–Kier alpha value is -2.41. The Morgan fingerprint density at radius 2 is 1.35 bits per heavy atom. The number of hydrogen-bond acceptors (Lipinski definition) is 1. The number of rotatable bonds is 3. The standard InChI is InChI=1S/C19H17N/c1-2-15-13-18(16-9-5-3-6-10-16)14-20-19(15)17-11-7-4-8-12-17/h3-14H,2H2,1H3. The van der Waals surface area contributed by atoms with Crippen LogP contribution in [0.2, 0.25) is 0 Å². The fourth-order valence-electron chi connectivity index (χ4n) is 2.42. The fraction of sp³-hybridized carbons (Fsp3) is 0.105. The molecule has 0 unspecified atom stereocenters. The highest BCUT2D eigenvalue weighted by atomic mass is 14.7. The number of aromatic nitrogens is 1. The van der Waals surface area contributed by atoms with Crippen molar-refractivity contribution in [2.75, 3.05) is 0 Å². The molecule has 1 nitrogen and oxygen atoms in total. The first kappa shape index (κ1) is 12.6. The van der Waals surface area contributed by atoms with Gasteiger partial charge in [-0.3, -0.25) is 4.98 Å². The van der Waals surface area contributed by atoms with Crippen LogP contribution in [0.1, 0.15) is 12.5 Å². The highest BCUT2D eigenvalue weighted by Crippen LogP contribution is 2.26. The molecule has 0 atom stereocenters. The first-order valence-corrected chi connectivity index (χ1v) is 6.98. The Kier molecular flexibility index (Phi) is 3.60. The van der Waals surface area contributed by atoms with Gasteiger partial charge in [-0.2, -0.15) is 0 Å². The molecule has 0 fully saturated rings. The van der Waals surface area contributed by atoms with Gasteiger partial charge in [0.1, 0.15) is 0 Å². The second-order valence-electron chi connectivity index (χ2n) is 4.82. The molecule has 3 aromatic rings. The van der Waals surface area contributed by atoms with Crippen molar-refractivity contribution in [1.29, 1.82) is 0 Å². The van der Waals surface area contributed by atoms with Gasteiger partial charge in [0.2, 0.25) is 0 Å². The van der Waals surface area contributed by atoms with Crippen LogP contribution < -0.4 is 0 Å². The van der Waals surface area contributed by atoms with Crippen LogP contribution in [0, 0.1) is 0 Å². The predicted octanol–water partition coefficient (Wildman–Crippen LogP) is 4.98. The lowest BCUT2D eigenvalue weighted by Crippen LogP contribution is -1.93. The maximum absolute atomic E-state index is 4.70. The second-order valence-corrected chi connectivity index (χ2v) is 4.82. The summed E-state index contributed by atoms with van der Waals surface area (Å²) in [6.07, 6.45) is 2.95. The van der Waals surface area contributed by atoms with Crippen molar-refractivity contribution in [2.24, 2.45) is 0 Å². The maximum Gasteiger partial charge on any atom is 0.0734 e. The third kappa shape index (κ3) is 2.48. The molecule has 3 rings (SSSR count). The van der Waals surface area contributed by atoms with Gasteiger partial charge < -0.3 is 0 Å². The van der Waals surface area contributed by atoms with Gasteiger partial charge >= 0.3 is 0 Å². The zero-order valence-corrected chi connectivity index (χ0v) is 11.6. The molecule has 0 spiro atoms. The molecule has 2 aromatic carbocycles. The summed E-state index contributed by atoms with van der Waals surface area (Å²) in [6, 6.07) is 23.0. The molecule has 0 aliphatic heterocycles. The maximum atomic E-state index is 4.70. The van der Waals surface area contributed by atoms with E-state index in [1.165, 1.54) is 22.3 Å². The van der Waals surface area contributed by atoms with Crippen molar-refractivity contribution < 1.29 is 0 Å². The van der Waals surface area contributed by atoms with E-state index in [-0.39, 0.29) is 0 Å². The van der Waals surface area contributed by atoms with Gasteiger partial charge in [-0.25, -0.2) is 0 Å². The van der Waals surface area contributed by atoms with Crippen molar-refractivity contribution >= 4 is 0 Å². The smallest absolute Gasteiger partial charge is 0.0734 e. The Morgan fingerprint density at radius 3 is 1.95 bits per heavy atom. The second kappa shape index (κ2) is 5.70. The first-order chi connectivity index (χ1) is 9.88. The molecule has 0 radical (unpaired) electrons. The average Bonchev–Trinajstić information content (AvgIpc) is 2.56. The summed E-state index contributed by atoms with van der Waals surface area (Å²) < 4.78 is 0. The van der Waals surface area contributed by atoms with Crippen LogP contribution in [0.15, 0.2) is 72.9 Å². The molecule has 0 aliphatic carbocycles. The van der Waals surface area contributed by atoms with Gasteiger partial charge in [0, 0.05) is 17.3 Å². The summed E-state index contributed by atoms with van der Waals surface area (Å²) in [5.74, 6) is 0. The first-order valence-electron chi connectivity index (χ1n) is 6.98. The lowest BCUT2D eigenvalue weighted by molar-refractivity contribution is 1.11. The van der Waals surface area contributed by atoms with E-state index in [1.54, 1.807) is 0 Å². The third-order valence-electron chi connectivity index (χ3n) is 3.50. The molecule has 0 N–H and O–H groups in total. The Morgan fingerprint density at radius 1 is 0.750 bits per heavy atom. The summed E-state index contributed by atoms with van der Waals surface area (Å²) in [6.45, 7) is 2.18. The van der Waals surface area contributed by atoms with Crippen LogP contribution in [-0.2, 0) is 6.42 Å². The van der Waals surface area contributed by atoms with Gasteiger partial charge in [0.25, 0.3) is 0 Å². The summed E-state index contributed by atoms with van der Waals surface area (Å²) in [7, 11) is 0. The summed E-state index contributed by atoms with van der Waals surface area (Å²) in [4.78, 5) is 4.70. The zero-order chi connectivity index (χ0) is 13.8. The van der Waals surface area contributed by atoms with Gasteiger partial charge in [0.05, 0.1) is 5.69 Å². The summed E-state index contributed by atoms with van der Waals surface area (Å²) >= 11 is 0.